The number of rotatable bonds is 5. The molecule has 0 radical (unpaired) electrons. The summed E-state index contributed by atoms with van der Waals surface area (Å²) in [6.07, 6.45) is -0.0156. The second-order valence-electron chi connectivity index (χ2n) is 4.10. The second kappa shape index (κ2) is 6.84. The highest BCUT2D eigenvalue weighted by Crippen LogP contribution is 2.19. The standard InChI is InChI=1S/C14H14BrNO2S/c15-12-4-2-1-3-11(12)14(18)16-7-5-13(17)10-6-8-19-9-10/h1-4,6,8-9,13,17H,5,7H2,(H,16,18). The summed E-state index contributed by atoms with van der Waals surface area (Å²) in [7, 11) is 0. The number of benzene rings is 1. The van der Waals surface area contributed by atoms with Crippen LogP contribution in [0.3, 0.4) is 0 Å². The molecule has 0 aliphatic rings. The van der Waals surface area contributed by atoms with Crippen molar-refractivity contribution in [2.75, 3.05) is 6.54 Å². The summed E-state index contributed by atoms with van der Waals surface area (Å²) in [6.45, 7) is 0.442. The molecule has 1 aromatic carbocycles. The molecular formula is C14H14BrNO2S. The lowest BCUT2D eigenvalue weighted by atomic mass is 10.1. The van der Waals surface area contributed by atoms with Crippen LogP contribution in [-0.2, 0) is 0 Å². The van der Waals surface area contributed by atoms with E-state index in [1.165, 1.54) is 0 Å². The Kier molecular flexibility index (Phi) is 5.13. The Balaban J connectivity index is 1.83. The number of nitrogens with one attached hydrogen (secondary N) is 1. The van der Waals surface area contributed by atoms with Crippen LogP contribution in [0.15, 0.2) is 45.6 Å². The van der Waals surface area contributed by atoms with E-state index in [0.717, 1.165) is 10.0 Å². The predicted octanol–water partition coefficient (Wildman–Crippen LogP) is 3.36. The molecule has 1 atom stereocenters. The maximum Gasteiger partial charge on any atom is 0.252 e. The molecule has 2 N–H and O–H groups in total. The van der Waals surface area contributed by atoms with Crippen LogP contribution in [-0.4, -0.2) is 17.6 Å². The van der Waals surface area contributed by atoms with Gasteiger partial charge >= 0.3 is 0 Å². The van der Waals surface area contributed by atoms with Crippen molar-refractivity contribution in [2.24, 2.45) is 0 Å². The van der Waals surface area contributed by atoms with Crippen molar-refractivity contribution < 1.29 is 9.90 Å². The maximum atomic E-state index is 11.9. The molecule has 0 spiro atoms. The van der Waals surface area contributed by atoms with E-state index in [4.69, 9.17) is 0 Å². The van der Waals surface area contributed by atoms with Crippen LogP contribution in [0.1, 0.15) is 28.4 Å². The third kappa shape index (κ3) is 3.89. The number of hydrogen-bond donors (Lipinski definition) is 2. The minimum atomic E-state index is -0.522. The van der Waals surface area contributed by atoms with E-state index in [0.29, 0.717) is 18.5 Å². The van der Waals surface area contributed by atoms with Crippen LogP contribution in [0.25, 0.3) is 0 Å². The van der Waals surface area contributed by atoms with Gasteiger partial charge in [0, 0.05) is 11.0 Å². The van der Waals surface area contributed by atoms with E-state index in [-0.39, 0.29) is 5.91 Å². The monoisotopic (exact) mass is 339 g/mol. The molecule has 2 rings (SSSR count). The first-order valence-corrected chi connectivity index (χ1v) is 7.65. The lowest BCUT2D eigenvalue weighted by molar-refractivity contribution is 0.0942. The van der Waals surface area contributed by atoms with Crippen LogP contribution < -0.4 is 5.32 Å². The normalized spacial score (nSPS) is 12.1. The fourth-order valence-electron chi connectivity index (χ4n) is 1.69. The van der Waals surface area contributed by atoms with Crippen molar-refractivity contribution in [3.8, 4) is 0 Å². The Morgan fingerprint density at radius 2 is 2.16 bits per heavy atom. The second-order valence-corrected chi connectivity index (χ2v) is 5.73. The molecule has 2 aromatic rings. The predicted molar refractivity (Wildman–Crippen MR) is 80.4 cm³/mol. The van der Waals surface area contributed by atoms with Crippen molar-refractivity contribution in [3.05, 3.63) is 56.7 Å². The van der Waals surface area contributed by atoms with Gasteiger partial charge in [0.25, 0.3) is 5.91 Å². The zero-order chi connectivity index (χ0) is 13.7. The molecule has 0 bridgehead atoms. The highest BCUT2D eigenvalue weighted by Gasteiger charge is 2.11. The van der Waals surface area contributed by atoms with Crippen LogP contribution >= 0.6 is 27.3 Å². The molecule has 19 heavy (non-hydrogen) atoms. The van der Waals surface area contributed by atoms with Crippen LogP contribution in [0.2, 0.25) is 0 Å². The van der Waals surface area contributed by atoms with E-state index >= 15 is 0 Å². The van der Waals surface area contributed by atoms with Crippen molar-refractivity contribution in [1.29, 1.82) is 0 Å². The molecular weight excluding hydrogens is 326 g/mol. The summed E-state index contributed by atoms with van der Waals surface area (Å²) in [5.74, 6) is -0.134. The van der Waals surface area contributed by atoms with Gasteiger partial charge in [-0.2, -0.15) is 11.3 Å². The summed E-state index contributed by atoms with van der Waals surface area (Å²) >= 11 is 4.89. The number of amides is 1. The highest BCUT2D eigenvalue weighted by molar-refractivity contribution is 9.10. The minimum Gasteiger partial charge on any atom is -0.388 e. The molecule has 0 fully saturated rings. The lowest BCUT2D eigenvalue weighted by Crippen LogP contribution is -2.25. The molecule has 0 saturated carbocycles. The van der Waals surface area contributed by atoms with E-state index in [1.54, 1.807) is 17.4 Å². The minimum absolute atomic E-state index is 0.134. The maximum absolute atomic E-state index is 11.9. The summed E-state index contributed by atoms with van der Waals surface area (Å²) in [5.41, 5.74) is 1.51. The quantitative estimate of drug-likeness (QED) is 0.877. The summed E-state index contributed by atoms with van der Waals surface area (Å²) in [6, 6.07) is 9.16. The average molecular weight is 340 g/mol. The molecule has 1 heterocycles. The molecule has 1 aromatic heterocycles. The fourth-order valence-corrected chi connectivity index (χ4v) is 2.87. The Hall–Kier alpha value is -1.17. The zero-order valence-corrected chi connectivity index (χ0v) is 12.6. The van der Waals surface area contributed by atoms with Crippen molar-refractivity contribution >= 4 is 33.2 Å². The first-order chi connectivity index (χ1) is 9.18. The molecule has 100 valence electrons. The van der Waals surface area contributed by atoms with Crippen molar-refractivity contribution in [2.45, 2.75) is 12.5 Å². The molecule has 0 aliphatic carbocycles. The van der Waals surface area contributed by atoms with Gasteiger partial charge in [-0.3, -0.25) is 4.79 Å². The Labute approximate surface area is 124 Å². The molecule has 5 heteroatoms. The van der Waals surface area contributed by atoms with E-state index < -0.39 is 6.10 Å². The molecule has 1 unspecified atom stereocenters. The third-order valence-electron chi connectivity index (χ3n) is 2.75. The molecule has 1 amide bonds. The number of aliphatic hydroxyl groups is 1. The molecule has 3 nitrogen and oxygen atoms in total. The van der Waals surface area contributed by atoms with Gasteiger partial charge in [0.2, 0.25) is 0 Å². The van der Waals surface area contributed by atoms with Crippen LogP contribution in [0.4, 0.5) is 0 Å². The summed E-state index contributed by atoms with van der Waals surface area (Å²) in [5, 5.41) is 16.5. The first-order valence-electron chi connectivity index (χ1n) is 5.91. The van der Waals surface area contributed by atoms with Gasteiger partial charge in [0.05, 0.1) is 11.7 Å². The highest BCUT2D eigenvalue weighted by atomic mass is 79.9. The average Bonchev–Trinajstić information content (AvgIpc) is 2.93. The van der Waals surface area contributed by atoms with Gasteiger partial charge in [-0.25, -0.2) is 0 Å². The lowest BCUT2D eigenvalue weighted by Gasteiger charge is -2.10. The first kappa shape index (κ1) is 14.2. The number of aliphatic hydroxyl groups excluding tert-OH is 1. The van der Waals surface area contributed by atoms with Gasteiger partial charge in [0.1, 0.15) is 0 Å². The van der Waals surface area contributed by atoms with Gasteiger partial charge < -0.3 is 10.4 Å². The third-order valence-corrected chi connectivity index (χ3v) is 4.14. The largest absolute Gasteiger partial charge is 0.388 e. The molecule has 0 saturated heterocycles. The summed E-state index contributed by atoms with van der Waals surface area (Å²) in [4.78, 5) is 11.9. The summed E-state index contributed by atoms with van der Waals surface area (Å²) < 4.78 is 0.769. The molecule has 0 aliphatic heterocycles. The van der Waals surface area contributed by atoms with Crippen LogP contribution in [0, 0.1) is 0 Å². The number of carbonyl (C=O) groups excluding carboxylic acids is 1. The topological polar surface area (TPSA) is 49.3 Å². The smallest absolute Gasteiger partial charge is 0.252 e. The number of thiophene rings is 1. The van der Waals surface area contributed by atoms with E-state index in [2.05, 4.69) is 21.2 Å². The van der Waals surface area contributed by atoms with Crippen LogP contribution in [0.5, 0.6) is 0 Å². The Morgan fingerprint density at radius 1 is 1.37 bits per heavy atom. The van der Waals surface area contributed by atoms with E-state index in [1.807, 2.05) is 35.0 Å². The number of halogens is 1. The SMILES string of the molecule is O=C(NCCC(O)c1ccsc1)c1ccccc1Br. The van der Waals surface area contributed by atoms with E-state index in [9.17, 15) is 9.90 Å². The Bertz CT molecular complexity index is 542. The van der Waals surface area contributed by atoms with Crippen molar-refractivity contribution in [1.82, 2.24) is 5.32 Å². The Morgan fingerprint density at radius 3 is 2.84 bits per heavy atom. The van der Waals surface area contributed by atoms with Crippen molar-refractivity contribution in [3.63, 3.8) is 0 Å². The fraction of sp³-hybridized carbons (Fsp3) is 0.214. The zero-order valence-electron chi connectivity index (χ0n) is 10.2. The number of carbonyl (C=O) groups is 1. The van der Waals surface area contributed by atoms with Gasteiger partial charge in [0.15, 0.2) is 0 Å². The number of hydrogen-bond acceptors (Lipinski definition) is 3. The van der Waals surface area contributed by atoms with Gasteiger partial charge in [-0.1, -0.05) is 12.1 Å². The van der Waals surface area contributed by atoms with Gasteiger partial charge in [-0.15, -0.1) is 0 Å². The van der Waals surface area contributed by atoms with Gasteiger partial charge in [-0.05, 0) is 56.9 Å².